The van der Waals surface area contributed by atoms with E-state index in [0.29, 0.717) is 63.7 Å². The van der Waals surface area contributed by atoms with Gasteiger partial charge in [0.25, 0.3) is 11.8 Å². The van der Waals surface area contributed by atoms with Crippen LogP contribution in [-0.2, 0) is 32.7 Å². The third kappa shape index (κ3) is 18.2. The number of fused-ring (bicyclic) bond motifs is 3. The number of nitrogens with one attached hydrogen (secondary N) is 4. The smallest absolute Gasteiger partial charge is 0.335 e. The van der Waals surface area contributed by atoms with Crippen LogP contribution in [0.25, 0.3) is 55.7 Å². The number of para-hydroxylation sites is 4. The third-order valence-corrected chi connectivity index (χ3v) is 18.6. The van der Waals surface area contributed by atoms with Gasteiger partial charge in [-0.15, -0.1) is 0 Å². The highest BCUT2D eigenvalue weighted by Gasteiger charge is 2.44. The highest BCUT2D eigenvalue weighted by Crippen LogP contribution is 2.39. The molecule has 5 heterocycles. The largest absolute Gasteiger partial charge is 0.412 e. The van der Waals surface area contributed by atoms with E-state index in [1.807, 2.05) is 60.7 Å². The second-order valence-corrected chi connectivity index (χ2v) is 25.2. The average molecular weight is 1410 g/mol. The van der Waals surface area contributed by atoms with Gasteiger partial charge < -0.3 is 46.7 Å². The molecule has 9 aromatic rings. The van der Waals surface area contributed by atoms with Crippen molar-refractivity contribution in [2.24, 2.45) is 29.3 Å². The van der Waals surface area contributed by atoms with Gasteiger partial charge in [-0.3, -0.25) is 35.8 Å². The van der Waals surface area contributed by atoms with Crippen molar-refractivity contribution in [2.75, 3.05) is 17.2 Å². The molecule has 4 amide bonds. The monoisotopic (exact) mass is 1410 g/mol. The van der Waals surface area contributed by atoms with E-state index in [2.05, 4.69) is 113 Å². The van der Waals surface area contributed by atoms with Crippen LogP contribution in [0.5, 0.6) is 0 Å². The van der Waals surface area contributed by atoms with Crippen LogP contribution >= 0.6 is 23.2 Å². The van der Waals surface area contributed by atoms with E-state index in [1.54, 1.807) is 43.6 Å². The summed E-state index contributed by atoms with van der Waals surface area (Å²) in [5.41, 5.74) is 14.4. The maximum Gasteiger partial charge on any atom is 0.335 e. The standard InChI is InChI=1S/C38H35ClN6O3.C30H33ClN6O.C2H6O.H4N2.2O2S.H2O/c39-32-21-40-38(43-34(32)31-22-44(26-11-2-1-3-12-26)33-16-7-6-13-28(31)33)42-25-10-8-9-24(20-25)41-35(46)23-17-18-27(19-23)45-36(47)29-14-4-5-15-30(29)37(45)48;31-26-17-33-30(35-22-8-6-7-21(16-22)34-29(38)19-13-14-20(32)15-19)36-28(26)25-18-37(23-9-2-1-3-10-23)27-12-5-4-11-24(25)27;1-2-3;1-2;2*1-3-2;/h1-7,11-16,21-25,27H,8-10,17-20H2,(H,41,46)(H,40,42,43);1-5,9-12,17-22H,6-8,13-16,32H2,(H,34,38)(H,33,35,36);3H,2H2,1H3;1-2H2;;;1H2/t23-,24-,25+,27+;19-,20+,21-,22+;;;;;/m00...../s1. The van der Waals surface area contributed by atoms with Crippen molar-refractivity contribution in [3.05, 3.63) is 179 Å². The zero-order chi connectivity index (χ0) is 69.0. The van der Waals surface area contributed by atoms with E-state index in [0.717, 1.165) is 115 Å². The number of amides is 4. The Balaban J connectivity index is 0.000000221. The maximum atomic E-state index is 13.4. The Morgan fingerprint density at radius 3 is 1.33 bits per heavy atom. The van der Waals surface area contributed by atoms with Crippen LogP contribution < -0.4 is 38.7 Å². The summed E-state index contributed by atoms with van der Waals surface area (Å²) in [5.74, 6) is 8.53. The molecule has 8 atom stereocenters. The Labute approximate surface area is 584 Å². The lowest BCUT2D eigenvalue weighted by molar-refractivity contribution is -0.126. The highest BCUT2D eigenvalue weighted by molar-refractivity contribution is 7.52. The van der Waals surface area contributed by atoms with Gasteiger partial charge in [-0.2, -0.15) is 16.8 Å². The molecule has 98 heavy (non-hydrogen) atoms. The van der Waals surface area contributed by atoms with Crippen molar-refractivity contribution < 1.29 is 46.6 Å². The Kier molecular flexibility index (Phi) is 27.9. The molecule has 24 nitrogen and oxygen atoms in total. The quantitative estimate of drug-likeness (QED) is 0.0302. The van der Waals surface area contributed by atoms with E-state index in [4.69, 9.17) is 60.8 Å². The first-order chi connectivity index (χ1) is 47.2. The van der Waals surface area contributed by atoms with Crippen LogP contribution in [0.1, 0.15) is 118 Å². The summed E-state index contributed by atoms with van der Waals surface area (Å²) in [7, 11) is 0. The zero-order valence-corrected chi connectivity index (χ0v) is 57.0. The fourth-order valence-corrected chi connectivity index (χ4v) is 14.1. The normalized spacial score (nSPS) is 20.5. The number of carbonyl (C=O) groups is 4. The molecule has 4 saturated carbocycles. The van der Waals surface area contributed by atoms with Gasteiger partial charge in [0.15, 0.2) is 0 Å². The first kappa shape index (κ1) is 74.8. The summed E-state index contributed by atoms with van der Waals surface area (Å²) in [6.07, 6.45) is 19.3. The Morgan fingerprint density at radius 2 is 0.908 bits per heavy atom. The Bertz CT molecular complexity index is 4210. The number of rotatable bonds is 13. The van der Waals surface area contributed by atoms with Crippen molar-refractivity contribution in [2.45, 2.75) is 133 Å². The van der Waals surface area contributed by atoms with Crippen LogP contribution in [0, 0.1) is 11.8 Å². The molecule has 4 fully saturated rings. The molecule has 0 radical (unpaired) electrons. The molecule has 28 heteroatoms. The van der Waals surface area contributed by atoms with Crippen LogP contribution in [-0.4, -0.2) is 128 Å². The lowest BCUT2D eigenvalue weighted by atomic mass is 9.90. The third-order valence-electron chi connectivity index (χ3n) is 18.0. The first-order valence-electron chi connectivity index (χ1n) is 32.2. The van der Waals surface area contributed by atoms with Crippen LogP contribution in [0.3, 0.4) is 0 Å². The van der Waals surface area contributed by atoms with Gasteiger partial charge in [-0.1, -0.05) is 108 Å². The predicted octanol–water partition coefficient (Wildman–Crippen LogP) is 9.41. The van der Waals surface area contributed by atoms with Gasteiger partial charge in [0.1, 0.15) is 0 Å². The first-order valence-corrected chi connectivity index (χ1v) is 34.3. The zero-order valence-electron chi connectivity index (χ0n) is 53.9. The highest BCUT2D eigenvalue weighted by atomic mass is 35.5. The summed E-state index contributed by atoms with van der Waals surface area (Å²) in [6, 6.07) is 44.2. The predicted molar refractivity (Wildman–Crippen MR) is 380 cm³/mol. The lowest BCUT2D eigenvalue weighted by Gasteiger charge is -2.31. The second-order valence-electron chi connectivity index (χ2n) is 24.2. The summed E-state index contributed by atoms with van der Waals surface area (Å²) in [4.78, 5) is 72.3. The topological polar surface area (TPSA) is 379 Å². The minimum Gasteiger partial charge on any atom is -0.412 e. The van der Waals surface area contributed by atoms with Gasteiger partial charge >= 0.3 is 23.1 Å². The number of imide groups is 1. The van der Waals surface area contributed by atoms with Crippen molar-refractivity contribution >= 4 is 104 Å². The molecule has 0 bridgehead atoms. The van der Waals surface area contributed by atoms with Crippen molar-refractivity contribution in [1.29, 1.82) is 0 Å². The number of hydrogen-bond donors (Lipinski definition) is 8. The molecule has 5 aromatic carbocycles. The molecule has 0 spiro atoms. The van der Waals surface area contributed by atoms with Gasteiger partial charge in [0.05, 0.1) is 56.0 Å². The number of aliphatic hydroxyl groups excluding tert-OH is 1. The Hall–Kier alpha value is -8.96. The van der Waals surface area contributed by atoms with Gasteiger partial charge in [-0.25, -0.2) is 19.9 Å². The summed E-state index contributed by atoms with van der Waals surface area (Å²) >= 11 is 11.9. The average Bonchev–Trinajstić information content (AvgIpc) is 1.63. The molecule has 516 valence electrons. The minimum absolute atomic E-state index is 0. The molecule has 0 saturated heterocycles. The number of hydrazine groups is 1. The minimum atomic E-state index is -0.750. The van der Waals surface area contributed by atoms with Gasteiger partial charge in [-0.05, 0) is 145 Å². The van der Waals surface area contributed by atoms with Crippen LogP contribution in [0.2, 0.25) is 10.0 Å². The lowest BCUT2D eigenvalue weighted by Crippen LogP contribution is -2.44. The second kappa shape index (κ2) is 36.6. The van der Waals surface area contributed by atoms with E-state index in [-0.39, 0.29) is 83.8 Å². The van der Waals surface area contributed by atoms with Crippen LogP contribution in [0.4, 0.5) is 11.9 Å². The molecule has 13 N–H and O–H groups in total. The summed E-state index contributed by atoms with van der Waals surface area (Å²) in [5, 5.41) is 24.3. The summed E-state index contributed by atoms with van der Waals surface area (Å²) < 4.78 is 37.5. The van der Waals surface area contributed by atoms with Crippen molar-refractivity contribution in [3.63, 3.8) is 0 Å². The fourth-order valence-electron chi connectivity index (χ4n) is 13.7. The number of aromatic nitrogens is 6. The number of nitrogens with zero attached hydrogens (tertiary/aromatic N) is 7. The van der Waals surface area contributed by atoms with E-state index in [9.17, 15) is 19.2 Å². The molecule has 4 aromatic heterocycles. The van der Waals surface area contributed by atoms with Gasteiger partial charge in [0.2, 0.25) is 23.7 Å². The molecular formula is C70H80Cl2N14O10S2. The number of carbonyl (C=O) groups excluding carboxylic acids is 4. The molecule has 1 aliphatic heterocycles. The van der Waals surface area contributed by atoms with E-state index < -0.39 is 23.1 Å². The Morgan fingerprint density at radius 1 is 0.531 bits per heavy atom. The number of halogens is 2. The molecule has 14 rings (SSSR count). The van der Waals surface area contributed by atoms with Crippen molar-refractivity contribution in [3.8, 4) is 33.9 Å². The number of aliphatic hydroxyl groups is 1. The summed E-state index contributed by atoms with van der Waals surface area (Å²) in [6.45, 7) is 1.93. The molecular weight excluding hydrogens is 1330 g/mol. The SMILES string of the molecule is CCO.NN.N[C@@H]1CC[C@H](C(=O)N[C@H]2CCC[C@@H](Nc3ncc(Cl)c(-c4cn(-c5ccccc5)c5ccccc45)n3)C2)C1.O.O=C(N[C@H]1CCC[C@@H](Nc2ncc(Cl)c(-c3cn(-c4ccccc4)c4ccccc34)n2)C1)[C@H]1CC[C@@H](N2C(=O)c3ccccc3C2=O)C1.O=S=O.O=S=O. The van der Waals surface area contributed by atoms with Gasteiger partial charge in [0, 0.05) is 100 Å². The molecule has 4 aliphatic carbocycles. The van der Waals surface area contributed by atoms with Crippen molar-refractivity contribution in [1.82, 2.24) is 44.6 Å². The maximum absolute atomic E-state index is 13.4. The number of anilines is 2. The number of benzene rings is 5. The van der Waals surface area contributed by atoms with E-state index in [1.165, 1.54) is 4.90 Å². The number of hydrogen-bond acceptors (Lipinski definition) is 18. The van der Waals surface area contributed by atoms with E-state index >= 15 is 0 Å². The fraction of sp³-hybridized carbons (Fsp3) is 0.343. The van der Waals surface area contributed by atoms with Crippen LogP contribution in [0.15, 0.2) is 158 Å². The number of nitrogens with two attached hydrogens (primary N) is 3. The molecule has 0 unspecified atom stereocenters. The molecule has 5 aliphatic rings.